The van der Waals surface area contributed by atoms with Gasteiger partial charge in [-0.25, -0.2) is 9.97 Å². The van der Waals surface area contributed by atoms with E-state index in [0.29, 0.717) is 23.8 Å². The summed E-state index contributed by atoms with van der Waals surface area (Å²) in [6, 6.07) is 8.15. The number of pyridine rings is 2. The van der Waals surface area contributed by atoms with Crippen molar-refractivity contribution < 1.29 is 14.3 Å². The summed E-state index contributed by atoms with van der Waals surface area (Å²) < 4.78 is 11.7. The molecular formula is C24H27N5O3S. The Kier molecular flexibility index (Phi) is 5.01. The third-order valence-corrected chi connectivity index (χ3v) is 7.97. The Bertz CT molecular complexity index is 1240. The van der Waals surface area contributed by atoms with Crippen molar-refractivity contribution in [3.8, 4) is 0 Å². The van der Waals surface area contributed by atoms with Crippen molar-refractivity contribution in [2.24, 2.45) is 0 Å². The first-order chi connectivity index (χ1) is 16.0. The maximum atomic E-state index is 13.0. The second kappa shape index (κ2) is 7.93. The van der Waals surface area contributed by atoms with E-state index in [2.05, 4.69) is 27.3 Å². The van der Waals surface area contributed by atoms with Crippen LogP contribution in [0.25, 0.3) is 10.2 Å². The summed E-state index contributed by atoms with van der Waals surface area (Å²) in [4.78, 5) is 26.1. The van der Waals surface area contributed by atoms with Gasteiger partial charge in [0.05, 0.1) is 25.4 Å². The number of carbonyl (C=O) groups is 1. The van der Waals surface area contributed by atoms with Crippen LogP contribution in [0.15, 0.2) is 24.3 Å². The SMILES string of the molecule is Cc1ccc2c(N)c(C(=O)NC3CCc4nc(N5CCC6(C5)OCCO6)ccc4C3)sc2n1. The number of nitrogens with zero attached hydrogens (tertiary/aromatic N) is 3. The molecule has 1 unspecified atom stereocenters. The van der Waals surface area contributed by atoms with Crippen LogP contribution in [0.4, 0.5) is 11.5 Å². The predicted octanol–water partition coefficient (Wildman–Crippen LogP) is 2.82. The van der Waals surface area contributed by atoms with Gasteiger partial charge in [0.2, 0.25) is 0 Å². The Labute approximate surface area is 196 Å². The minimum atomic E-state index is -0.449. The zero-order valence-electron chi connectivity index (χ0n) is 18.6. The number of nitrogens with two attached hydrogens (primary N) is 1. The van der Waals surface area contributed by atoms with E-state index in [9.17, 15) is 4.79 Å². The lowest BCUT2D eigenvalue weighted by Gasteiger charge is -2.27. The van der Waals surface area contributed by atoms with Crippen molar-refractivity contribution in [2.45, 2.75) is 44.4 Å². The molecule has 0 radical (unpaired) electrons. The monoisotopic (exact) mass is 465 g/mol. The fraction of sp³-hybridized carbons (Fsp3) is 0.458. The molecule has 1 aliphatic carbocycles. The van der Waals surface area contributed by atoms with Gasteiger partial charge < -0.3 is 25.4 Å². The Morgan fingerprint density at radius 2 is 2.09 bits per heavy atom. The molecule has 1 atom stereocenters. The number of hydrogen-bond donors (Lipinski definition) is 2. The number of anilines is 2. The minimum Gasteiger partial charge on any atom is -0.397 e. The zero-order valence-corrected chi connectivity index (χ0v) is 19.4. The molecule has 3 N–H and O–H groups in total. The van der Waals surface area contributed by atoms with Crippen LogP contribution in [-0.4, -0.2) is 54.0 Å². The third-order valence-electron chi connectivity index (χ3n) is 6.86. The molecule has 2 aliphatic heterocycles. The summed E-state index contributed by atoms with van der Waals surface area (Å²) in [7, 11) is 0. The normalized spacial score (nSPS) is 21.6. The summed E-state index contributed by atoms with van der Waals surface area (Å²) in [6.45, 7) is 4.88. The molecule has 9 heteroatoms. The van der Waals surface area contributed by atoms with E-state index in [1.54, 1.807) is 0 Å². The molecule has 172 valence electrons. The molecule has 1 spiro atoms. The Morgan fingerprint density at radius 3 is 2.94 bits per heavy atom. The quantitative estimate of drug-likeness (QED) is 0.613. The molecule has 1 amide bonds. The van der Waals surface area contributed by atoms with E-state index in [1.807, 2.05) is 19.1 Å². The van der Waals surface area contributed by atoms with Gasteiger partial charge in [-0.2, -0.15) is 0 Å². The Hall–Kier alpha value is -2.75. The molecule has 0 bridgehead atoms. The summed E-state index contributed by atoms with van der Waals surface area (Å²) >= 11 is 1.36. The average Bonchev–Trinajstić information content (AvgIpc) is 3.53. The fourth-order valence-corrected chi connectivity index (χ4v) is 6.13. The highest BCUT2D eigenvalue weighted by atomic mass is 32.1. The number of ether oxygens (including phenoxy) is 2. The summed E-state index contributed by atoms with van der Waals surface area (Å²) in [6.07, 6.45) is 3.33. The Balaban J connectivity index is 1.14. The molecule has 3 aliphatic rings. The number of amides is 1. The molecule has 3 aromatic rings. The largest absolute Gasteiger partial charge is 0.397 e. The van der Waals surface area contributed by atoms with Crippen LogP contribution >= 0.6 is 11.3 Å². The van der Waals surface area contributed by atoms with Crippen molar-refractivity contribution >= 4 is 39.0 Å². The van der Waals surface area contributed by atoms with Crippen LogP contribution in [0.5, 0.6) is 0 Å². The predicted molar refractivity (Wildman–Crippen MR) is 128 cm³/mol. The maximum Gasteiger partial charge on any atom is 0.263 e. The molecule has 33 heavy (non-hydrogen) atoms. The lowest BCUT2D eigenvalue weighted by molar-refractivity contribution is -0.137. The summed E-state index contributed by atoms with van der Waals surface area (Å²) in [5.74, 6) is 0.411. The molecule has 2 saturated heterocycles. The molecular weight excluding hydrogens is 438 g/mol. The van der Waals surface area contributed by atoms with Crippen molar-refractivity contribution in [3.63, 3.8) is 0 Å². The van der Waals surface area contributed by atoms with Gasteiger partial charge in [-0.3, -0.25) is 4.79 Å². The smallest absolute Gasteiger partial charge is 0.263 e. The first kappa shape index (κ1) is 20.8. The topological polar surface area (TPSA) is 103 Å². The molecule has 3 aromatic heterocycles. The van der Waals surface area contributed by atoms with E-state index >= 15 is 0 Å². The summed E-state index contributed by atoms with van der Waals surface area (Å²) in [5, 5.41) is 4.03. The number of fused-ring (bicyclic) bond motifs is 2. The van der Waals surface area contributed by atoms with Gasteiger partial charge in [0.25, 0.3) is 5.91 Å². The van der Waals surface area contributed by atoms with Gasteiger partial charge in [-0.15, -0.1) is 11.3 Å². The lowest BCUT2D eigenvalue weighted by atomic mass is 9.91. The number of carbonyl (C=O) groups excluding carboxylic acids is 1. The molecule has 0 saturated carbocycles. The van der Waals surface area contributed by atoms with Crippen LogP contribution in [0.2, 0.25) is 0 Å². The van der Waals surface area contributed by atoms with Gasteiger partial charge in [0.1, 0.15) is 15.5 Å². The summed E-state index contributed by atoms with van der Waals surface area (Å²) in [5.41, 5.74) is 10.0. The van der Waals surface area contributed by atoms with E-state index in [1.165, 1.54) is 16.9 Å². The first-order valence-electron chi connectivity index (χ1n) is 11.5. The first-order valence-corrected chi connectivity index (χ1v) is 12.3. The highest BCUT2D eigenvalue weighted by molar-refractivity contribution is 7.21. The number of hydrogen-bond acceptors (Lipinski definition) is 8. The number of aryl methyl sites for hydroxylation is 2. The second-order valence-corrected chi connectivity index (χ2v) is 10.1. The van der Waals surface area contributed by atoms with Crippen LogP contribution in [0.1, 0.15) is 39.5 Å². The second-order valence-electron chi connectivity index (χ2n) is 9.12. The van der Waals surface area contributed by atoms with Crippen molar-refractivity contribution in [3.05, 3.63) is 46.1 Å². The molecule has 6 rings (SSSR count). The molecule has 0 aromatic carbocycles. The zero-order chi connectivity index (χ0) is 22.6. The fourth-order valence-electron chi connectivity index (χ4n) is 5.09. The van der Waals surface area contributed by atoms with Gasteiger partial charge in [0, 0.05) is 35.8 Å². The minimum absolute atomic E-state index is 0.0623. The van der Waals surface area contributed by atoms with Gasteiger partial charge in [-0.05, 0) is 49.9 Å². The number of aromatic nitrogens is 2. The van der Waals surface area contributed by atoms with Crippen LogP contribution in [0.3, 0.4) is 0 Å². The van der Waals surface area contributed by atoms with Gasteiger partial charge in [-0.1, -0.05) is 6.07 Å². The van der Waals surface area contributed by atoms with Crippen LogP contribution in [-0.2, 0) is 22.3 Å². The van der Waals surface area contributed by atoms with E-state index in [-0.39, 0.29) is 11.9 Å². The van der Waals surface area contributed by atoms with Crippen LogP contribution < -0.4 is 16.0 Å². The van der Waals surface area contributed by atoms with E-state index in [4.69, 9.17) is 20.2 Å². The van der Waals surface area contributed by atoms with Crippen molar-refractivity contribution in [2.75, 3.05) is 36.9 Å². The van der Waals surface area contributed by atoms with E-state index in [0.717, 1.165) is 66.2 Å². The number of thiophene rings is 1. The number of nitrogen functional groups attached to an aromatic ring is 1. The number of nitrogens with one attached hydrogen (secondary N) is 1. The standard InChI is InChI=1S/C24H27N5O3S/c1-14-2-5-17-20(25)21(33-23(17)26-14)22(30)27-16-4-6-18-15(12-16)3-7-19(28-18)29-9-8-24(13-29)31-10-11-32-24/h2-3,5,7,16H,4,6,8-13,25H2,1H3,(H,27,30). The van der Waals surface area contributed by atoms with Crippen molar-refractivity contribution in [1.29, 1.82) is 0 Å². The van der Waals surface area contributed by atoms with Gasteiger partial charge in [0.15, 0.2) is 5.79 Å². The lowest BCUT2D eigenvalue weighted by Crippen LogP contribution is -2.39. The van der Waals surface area contributed by atoms with Crippen molar-refractivity contribution in [1.82, 2.24) is 15.3 Å². The van der Waals surface area contributed by atoms with E-state index < -0.39 is 5.79 Å². The highest BCUT2D eigenvalue weighted by Gasteiger charge is 2.43. The van der Waals surface area contributed by atoms with Crippen LogP contribution in [0, 0.1) is 6.92 Å². The molecule has 8 nitrogen and oxygen atoms in total. The molecule has 5 heterocycles. The average molecular weight is 466 g/mol. The number of rotatable bonds is 3. The highest BCUT2D eigenvalue weighted by Crippen LogP contribution is 2.35. The third kappa shape index (κ3) is 3.74. The molecule has 2 fully saturated rings. The Morgan fingerprint density at radius 1 is 1.24 bits per heavy atom. The maximum absolute atomic E-state index is 13.0. The van der Waals surface area contributed by atoms with Gasteiger partial charge >= 0.3 is 0 Å².